The van der Waals surface area contributed by atoms with Gasteiger partial charge in [-0.05, 0) is 38.3 Å². The van der Waals surface area contributed by atoms with Crippen LogP contribution in [0.15, 0.2) is 36.4 Å². The van der Waals surface area contributed by atoms with E-state index in [1.54, 1.807) is 13.0 Å². The number of carbonyl (C=O) groups excluding carboxylic acids is 3. The normalized spacial score (nSPS) is 24.5. The van der Waals surface area contributed by atoms with Crippen LogP contribution >= 0.6 is 0 Å². The minimum Gasteiger partial charge on any atom is -0.324 e. The Hall–Kier alpha value is -2.43. The highest BCUT2D eigenvalue weighted by Crippen LogP contribution is 2.36. The maximum Gasteiger partial charge on any atom is 0.247 e. The second kappa shape index (κ2) is 5.99. The molecule has 1 fully saturated rings. The van der Waals surface area contributed by atoms with Crippen molar-refractivity contribution in [1.82, 2.24) is 4.90 Å². The number of anilines is 1. The van der Waals surface area contributed by atoms with Crippen molar-refractivity contribution in [3.8, 4) is 0 Å². The van der Waals surface area contributed by atoms with Crippen molar-refractivity contribution in [3.05, 3.63) is 42.0 Å². The lowest BCUT2D eigenvalue weighted by atomic mass is 9.85. The fourth-order valence-corrected chi connectivity index (χ4v) is 3.28. The SMILES string of the molecule is Cc1ccccc1NC(=O)[C@H](C)N1C(=O)[C@H]2CC=CC[C@@H]2C1=O. The first-order valence-electron chi connectivity index (χ1n) is 7.89. The summed E-state index contributed by atoms with van der Waals surface area (Å²) in [6.45, 7) is 3.50. The summed E-state index contributed by atoms with van der Waals surface area (Å²) in [5, 5.41) is 2.81. The number of carbonyl (C=O) groups is 3. The van der Waals surface area contributed by atoms with Gasteiger partial charge in [0.2, 0.25) is 17.7 Å². The van der Waals surface area contributed by atoms with Gasteiger partial charge in [-0.3, -0.25) is 19.3 Å². The molecule has 0 bridgehead atoms. The molecule has 1 aliphatic carbocycles. The van der Waals surface area contributed by atoms with Gasteiger partial charge in [0.1, 0.15) is 6.04 Å². The van der Waals surface area contributed by atoms with Crippen LogP contribution in [0.5, 0.6) is 0 Å². The second-order valence-electron chi connectivity index (χ2n) is 6.18. The van der Waals surface area contributed by atoms with Gasteiger partial charge < -0.3 is 5.32 Å². The van der Waals surface area contributed by atoms with E-state index in [9.17, 15) is 14.4 Å². The van der Waals surface area contributed by atoms with Crippen LogP contribution in [0.1, 0.15) is 25.3 Å². The number of allylic oxidation sites excluding steroid dienone is 2. The number of hydrogen-bond donors (Lipinski definition) is 1. The first-order chi connectivity index (χ1) is 11.0. The van der Waals surface area contributed by atoms with E-state index in [0.717, 1.165) is 10.5 Å². The Morgan fingerprint density at radius 1 is 1.13 bits per heavy atom. The van der Waals surface area contributed by atoms with E-state index >= 15 is 0 Å². The molecule has 0 unspecified atom stereocenters. The molecule has 120 valence electrons. The van der Waals surface area contributed by atoms with E-state index in [1.807, 2.05) is 37.3 Å². The number of nitrogens with zero attached hydrogens (tertiary/aromatic N) is 1. The molecule has 1 aliphatic heterocycles. The molecule has 3 amide bonds. The summed E-state index contributed by atoms with van der Waals surface area (Å²) in [5.41, 5.74) is 1.63. The third-order valence-corrected chi connectivity index (χ3v) is 4.71. The number of fused-ring (bicyclic) bond motifs is 1. The van der Waals surface area contributed by atoms with Crippen molar-refractivity contribution in [2.75, 3.05) is 5.32 Å². The van der Waals surface area contributed by atoms with Crippen LogP contribution in [-0.2, 0) is 14.4 Å². The summed E-state index contributed by atoms with van der Waals surface area (Å²) in [7, 11) is 0. The van der Waals surface area contributed by atoms with Crippen LogP contribution in [0.3, 0.4) is 0 Å². The third-order valence-electron chi connectivity index (χ3n) is 4.71. The minimum absolute atomic E-state index is 0.225. The average molecular weight is 312 g/mol. The molecule has 3 atom stereocenters. The molecule has 5 nitrogen and oxygen atoms in total. The number of imide groups is 1. The van der Waals surface area contributed by atoms with Crippen LogP contribution in [0.4, 0.5) is 5.69 Å². The Bertz CT molecular complexity index is 669. The molecule has 1 N–H and O–H groups in total. The fraction of sp³-hybridized carbons (Fsp3) is 0.389. The Labute approximate surface area is 135 Å². The van der Waals surface area contributed by atoms with Crippen molar-refractivity contribution < 1.29 is 14.4 Å². The number of para-hydroxylation sites is 1. The number of amides is 3. The van der Waals surface area contributed by atoms with E-state index in [0.29, 0.717) is 18.5 Å². The molecule has 23 heavy (non-hydrogen) atoms. The topological polar surface area (TPSA) is 66.5 Å². The number of likely N-dealkylation sites (tertiary alicyclic amines) is 1. The van der Waals surface area contributed by atoms with Crippen molar-refractivity contribution in [1.29, 1.82) is 0 Å². The van der Waals surface area contributed by atoms with Crippen LogP contribution in [-0.4, -0.2) is 28.7 Å². The summed E-state index contributed by atoms with van der Waals surface area (Å²) in [4.78, 5) is 38.6. The number of nitrogens with one attached hydrogen (secondary N) is 1. The molecule has 0 saturated carbocycles. The highest BCUT2D eigenvalue weighted by molar-refractivity contribution is 6.10. The zero-order valence-corrected chi connectivity index (χ0v) is 13.3. The lowest BCUT2D eigenvalue weighted by Crippen LogP contribution is -2.46. The second-order valence-corrected chi connectivity index (χ2v) is 6.18. The smallest absolute Gasteiger partial charge is 0.247 e. The maximum atomic E-state index is 12.5. The largest absolute Gasteiger partial charge is 0.324 e. The van der Waals surface area contributed by atoms with Gasteiger partial charge in [-0.2, -0.15) is 0 Å². The van der Waals surface area contributed by atoms with Crippen molar-refractivity contribution in [2.24, 2.45) is 11.8 Å². The summed E-state index contributed by atoms with van der Waals surface area (Å²) in [6.07, 6.45) is 5.04. The minimum atomic E-state index is -0.805. The monoisotopic (exact) mass is 312 g/mol. The molecule has 1 heterocycles. The number of benzene rings is 1. The number of aryl methyl sites for hydroxylation is 1. The Kier molecular flexibility index (Phi) is 4.03. The summed E-state index contributed by atoms with van der Waals surface area (Å²) < 4.78 is 0. The van der Waals surface area contributed by atoms with Crippen molar-refractivity contribution in [2.45, 2.75) is 32.7 Å². The summed E-state index contributed by atoms with van der Waals surface area (Å²) >= 11 is 0. The van der Waals surface area contributed by atoms with Gasteiger partial charge in [0, 0.05) is 5.69 Å². The molecule has 0 spiro atoms. The molecule has 5 heteroatoms. The quantitative estimate of drug-likeness (QED) is 0.688. The fourth-order valence-electron chi connectivity index (χ4n) is 3.28. The molecule has 1 aromatic carbocycles. The maximum absolute atomic E-state index is 12.5. The van der Waals surface area contributed by atoms with Gasteiger partial charge in [-0.1, -0.05) is 30.4 Å². The van der Waals surface area contributed by atoms with Crippen molar-refractivity contribution >= 4 is 23.4 Å². The molecule has 1 saturated heterocycles. The lowest BCUT2D eigenvalue weighted by molar-refractivity contribution is -0.146. The standard InChI is InChI=1S/C18H20N2O3/c1-11-7-3-6-10-15(11)19-16(21)12(2)20-17(22)13-8-4-5-9-14(13)18(20)23/h3-7,10,12-14H,8-9H2,1-2H3,(H,19,21)/t12-,13-,14-/m0/s1. The molecular weight excluding hydrogens is 292 g/mol. The predicted molar refractivity (Wildman–Crippen MR) is 86.5 cm³/mol. The van der Waals surface area contributed by atoms with E-state index in [1.165, 1.54) is 0 Å². The van der Waals surface area contributed by atoms with Gasteiger partial charge in [0.05, 0.1) is 11.8 Å². The van der Waals surface area contributed by atoms with Crippen LogP contribution in [0.25, 0.3) is 0 Å². The summed E-state index contributed by atoms with van der Waals surface area (Å²) in [6, 6.07) is 6.61. The van der Waals surface area contributed by atoms with Crippen molar-refractivity contribution in [3.63, 3.8) is 0 Å². The van der Waals surface area contributed by atoms with Crippen LogP contribution < -0.4 is 5.32 Å². The van der Waals surface area contributed by atoms with E-state index in [4.69, 9.17) is 0 Å². The molecule has 0 aromatic heterocycles. The van der Waals surface area contributed by atoms with E-state index < -0.39 is 6.04 Å². The first kappa shape index (κ1) is 15.5. The first-order valence-corrected chi connectivity index (χ1v) is 7.89. The van der Waals surface area contributed by atoms with Crippen LogP contribution in [0.2, 0.25) is 0 Å². The average Bonchev–Trinajstić information content (AvgIpc) is 2.81. The highest BCUT2D eigenvalue weighted by atomic mass is 16.2. The Morgan fingerprint density at radius 2 is 1.70 bits per heavy atom. The van der Waals surface area contributed by atoms with E-state index in [2.05, 4.69) is 5.32 Å². The Morgan fingerprint density at radius 3 is 2.26 bits per heavy atom. The van der Waals surface area contributed by atoms with Gasteiger partial charge in [-0.25, -0.2) is 0 Å². The number of rotatable bonds is 3. The van der Waals surface area contributed by atoms with Gasteiger partial charge in [0.25, 0.3) is 0 Å². The number of hydrogen-bond acceptors (Lipinski definition) is 3. The van der Waals surface area contributed by atoms with Crippen LogP contribution in [0, 0.1) is 18.8 Å². The molecule has 0 radical (unpaired) electrons. The Balaban J connectivity index is 1.76. The zero-order valence-electron chi connectivity index (χ0n) is 13.3. The third kappa shape index (κ3) is 2.67. The molecule has 1 aromatic rings. The highest BCUT2D eigenvalue weighted by Gasteiger charge is 2.50. The molecule has 2 aliphatic rings. The lowest BCUT2D eigenvalue weighted by Gasteiger charge is -2.22. The predicted octanol–water partition coefficient (Wildman–Crippen LogP) is 2.27. The molecule has 3 rings (SSSR count). The van der Waals surface area contributed by atoms with Gasteiger partial charge >= 0.3 is 0 Å². The van der Waals surface area contributed by atoms with E-state index in [-0.39, 0.29) is 29.6 Å². The molecular formula is C18H20N2O3. The van der Waals surface area contributed by atoms with Gasteiger partial charge in [0.15, 0.2) is 0 Å². The van der Waals surface area contributed by atoms with Gasteiger partial charge in [-0.15, -0.1) is 0 Å². The summed E-state index contributed by atoms with van der Waals surface area (Å²) in [5.74, 6) is -1.40. The zero-order chi connectivity index (χ0) is 16.6.